The third kappa shape index (κ3) is 4.24. The number of likely N-dealkylation sites (N-methyl/N-ethyl adjacent to an activating group) is 1. The smallest absolute Gasteiger partial charge is 0.255 e. The number of halogens is 2. The summed E-state index contributed by atoms with van der Waals surface area (Å²) in [4.78, 5) is 13.5. The van der Waals surface area contributed by atoms with Crippen LogP contribution in [0.3, 0.4) is 0 Å². The quantitative estimate of drug-likeness (QED) is 0.839. The van der Waals surface area contributed by atoms with Gasteiger partial charge in [-0.15, -0.1) is 0 Å². The Hall–Kier alpha value is -1.53. The van der Waals surface area contributed by atoms with Gasteiger partial charge >= 0.3 is 0 Å². The summed E-state index contributed by atoms with van der Waals surface area (Å²) in [7, 11) is 1.51. The lowest BCUT2D eigenvalue weighted by atomic mass is 10.1. The van der Waals surface area contributed by atoms with Gasteiger partial charge in [0.15, 0.2) is 11.6 Å². The van der Waals surface area contributed by atoms with Gasteiger partial charge in [-0.05, 0) is 38.3 Å². The largest absolute Gasteiger partial charge is 0.376 e. The van der Waals surface area contributed by atoms with E-state index in [0.29, 0.717) is 6.61 Å². The molecule has 2 atom stereocenters. The van der Waals surface area contributed by atoms with E-state index in [1.807, 2.05) is 0 Å². The second-order valence-corrected chi connectivity index (χ2v) is 5.46. The highest BCUT2D eigenvalue weighted by Crippen LogP contribution is 2.18. The lowest BCUT2D eigenvalue weighted by Crippen LogP contribution is -2.38. The molecule has 1 aromatic carbocycles. The van der Waals surface area contributed by atoms with E-state index in [9.17, 15) is 13.6 Å². The minimum absolute atomic E-state index is 0.0255. The number of amides is 1. The van der Waals surface area contributed by atoms with Gasteiger partial charge in [-0.25, -0.2) is 8.78 Å². The predicted octanol–water partition coefficient (Wildman–Crippen LogP) is 2.90. The van der Waals surface area contributed by atoms with Crippen LogP contribution in [0.1, 0.15) is 26.2 Å². The van der Waals surface area contributed by atoms with Gasteiger partial charge in [0, 0.05) is 25.4 Å². The Labute approximate surface area is 129 Å². The van der Waals surface area contributed by atoms with E-state index in [1.54, 1.807) is 6.92 Å². The molecule has 2 unspecified atom stereocenters. The maximum atomic E-state index is 13.2. The molecular formula is C16H21F2NO3. The van der Waals surface area contributed by atoms with Gasteiger partial charge in [-0.1, -0.05) is 0 Å². The third-order valence-electron chi connectivity index (χ3n) is 3.77. The molecular weight excluding hydrogens is 292 g/mol. The van der Waals surface area contributed by atoms with Crippen LogP contribution in [0.15, 0.2) is 18.2 Å². The molecule has 0 N–H and O–H groups in total. The molecule has 1 aliphatic rings. The Morgan fingerprint density at radius 1 is 1.41 bits per heavy atom. The number of carbonyl (C=O) groups is 1. The van der Waals surface area contributed by atoms with Crippen LogP contribution in [0.5, 0.6) is 0 Å². The Balaban J connectivity index is 1.89. The van der Waals surface area contributed by atoms with Crippen molar-refractivity contribution in [2.75, 3.05) is 25.2 Å². The zero-order valence-corrected chi connectivity index (χ0v) is 12.9. The number of hydrogen-bond acceptors (Lipinski definition) is 3. The zero-order chi connectivity index (χ0) is 16.1. The fraction of sp³-hybridized carbons (Fsp3) is 0.562. The van der Waals surface area contributed by atoms with E-state index in [4.69, 9.17) is 9.47 Å². The summed E-state index contributed by atoms with van der Waals surface area (Å²) < 4.78 is 37.3. The molecule has 6 heteroatoms. The van der Waals surface area contributed by atoms with Gasteiger partial charge in [0.25, 0.3) is 5.91 Å². The second-order valence-electron chi connectivity index (χ2n) is 5.46. The second kappa shape index (κ2) is 7.65. The van der Waals surface area contributed by atoms with Crippen molar-refractivity contribution in [3.8, 4) is 0 Å². The molecule has 22 heavy (non-hydrogen) atoms. The number of benzene rings is 1. The zero-order valence-electron chi connectivity index (χ0n) is 12.9. The standard InChI is InChI=1S/C16H21F2NO3/c1-11(22-10-13-5-3-4-8-21-13)16(20)19(2)12-6-7-14(17)15(18)9-12/h6-7,9,11,13H,3-5,8,10H2,1-2H3. The molecule has 0 spiro atoms. The summed E-state index contributed by atoms with van der Waals surface area (Å²) in [6.07, 6.45) is 2.44. The highest BCUT2D eigenvalue weighted by molar-refractivity contribution is 5.95. The summed E-state index contributed by atoms with van der Waals surface area (Å²) in [5, 5.41) is 0. The number of ether oxygens (including phenoxy) is 2. The van der Waals surface area contributed by atoms with Crippen LogP contribution in [0.25, 0.3) is 0 Å². The average Bonchev–Trinajstić information content (AvgIpc) is 2.54. The first kappa shape index (κ1) is 16.8. The molecule has 1 aliphatic heterocycles. The van der Waals surface area contributed by atoms with Crippen LogP contribution in [0, 0.1) is 11.6 Å². The Bertz CT molecular complexity index is 518. The van der Waals surface area contributed by atoms with Gasteiger partial charge in [0.2, 0.25) is 0 Å². The molecule has 122 valence electrons. The molecule has 0 bridgehead atoms. The van der Waals surface area contributed by atoms with Gasteiger partial charge in [-0.3, -0.25) is 4.79 Å². The number of carbonyl (C=O) groups excluding carboxylic acids is 1. The van der Waals surface area contributed by atoms with E-state index in [0.717, 1.165) is 38.0 Å². The summed E-state index contributed by atoms with van der Waals surface area (Å²) in [6.45, 7) is 2.73. The van der Waals surface area contributed by atoms with Crippen molar-refractivity contribution < 1.29 is 23.0 Å². The summed E-state index contributed by atoms with van der Waals surface area (Å²) >= 11 is 0. The van der Waals surface area contributed by atoms with Gasteiger partial charge < -0.3 is 14.4 Å². The molecule has 1 aromatic rings. The molecule has 1 heterocycles. The Morgan fingerprint density at radius 3 is 2.82 bits per heavy atom. The van der Waals surface area contributed by atoms with E-state index in [-0.39, 0.29) is 17.7 Å². The summed E-state index contributed by atoms with van der Waals surface area (Å²) in [6, 6.07) is 3.34. The summed E-state index contributed by atoms with van der Waals surface area (Å²) in [5.74, 6) is -2.24. The van der Waals surface area contributed by atoms with Crippen LogP contribution >= 0.6 is 0 Å². The maximum Gasteiger partial charge on any atom is 0.255 e. The molecule has 2 rings (SSSR count). The van der Waals surface area contributed by atoms with Crippen molar-refractivity contribution in [1.29, 1.82) is 0 Å². The van der Waals surface area contributed by atoms with Crippen molar-refractivity contribution in [3.63, 3.8) is 0 Å². The topological polar surface area (TPSA) is 38.8 Å². The van der Waals surface area contributed by atoms with E-state index >= 15 is 0 Å². The van der Waals surface area contributed by atoms with Gasteiger partial charge in [0.05, 0.1) is 12.7 Å². The minimum atomic E-state index is -0.985. The highest BCUT2D eigenvalue weighted by atomic mass is 19.2. The molecule has 0 saturated carbocycles. The number of rotatable bonds is 5. The average molecular weight is 313 g/mol. The van der Waals surface area contributed by atoms with Crippen LogP contribution in [-0.4, -0.2) is 38.4 Å². The molecule has 1 amide bonds. The van der Waals surface area contributed by atoms with Crippen molar-refractivity contribution >= 4 is 11.6 Å². The lowest BCUT2D eigenvalue weighted by Gasteiger charge is -2.26. The molecule has 0 aromatic heterocycles. The van der Waals surface area contributed by atoms with Crippen molar-refractivity contribution in [2.24, 2.45) is 0 Å². The SMILES string of the molecule is CC(OCC1CCCCO1)C(=O)N(C)c1ccc(F)c(F)c1. The molecule has 1 saturated heterocycles. The van der Waals surface area contributed by atoms with Gasteiger partial charge in [-0.2, -0.15) is 0 Å². The van der Waals surface area contributed by atoms with Crippen molar-refractivity contribution in [3.05, 3.63) is 29.8 Å². The first-order chi connectivity index (χ1) is 10.5. The number of hydrogen-bond donors (Lipinski definition) is 0. The number of anilines is 1. The fourth-order valence-electron chi connectivity index (χ4n) is 2.36. The first-order valence-corrected chi connectivity index (χ1v) is 7.45. The monoisotopic (exact) mass is 313 g/mol. The first-order valence-electron chi connectivity index (χ1n) is 7.45. The van der Waals surface area contributed by atoms with E-state index in [1.165, 1.54) is 18.0 Å². The van der Waals surface area contributed by atoms with Gasteiger partial charge in [0.1, 0.15) is 6.10 Å². The normalized spacial score (nSPS) is 19.7. The van der Waals surface area contributed by atoms with Crippen LogP contribution < -0.4 is 4.90 Å². The molecule has 4 nitrogen and oxygen atoms in total. The van der Waals surface area contributed by atoms with Crippen molar-refractivity contribution in [1.82, 2.24) is 0 Å². The van der Waals surface area contributed by atoms with Crippen LogP contribution in [-0.2, 0) is 14.3 Å². The third-order valence-corrected chi connectivity index (χ3v) is 3.77. The van der Waals surface area contributed by atoms with E-state index < -0.39 is 17.7 Å². The summed E-state index contributed by atoms with van der Waals surface area (Å²) in [5.41, 5.74) is 0.285. The van der Waals surface area contributed by atoms with Crippen LogP contribution in [0.2, 0.25) is 0 Å². The Kier molecular flexibility index (Phi) is 5.85. The predicted molar refractivity (Wildman–Crippen MR) is 78.8 cm³/mol. The number of nitrogens with zero attached hydrogens (tertiary/aromatic N) is 1. The fourth-order valence-corrected chi connectivity index (χ4v) is 2.36. The maximum absolute atomic E-state index is 13.2. The lowest BCUT2D eigenvalue weighted by molar-refractivity contribution is -0.132. The molecule has 0 radical (unpaired) electrons. The Morgan fingerprint density at radius 2 is 2.18 bits per heavy atom. The van der Waals surface area contributed by atoms with E-state index in [2.05, 4.69) is 0 Å². The highest BCUT2D eigenvalue weighted by Gasteiger charge is 2.22. The van der Waals surface area contributed by atoms with Crippen LogP contribution in [0.4, 0.5) is 14.5 Å². The van der Waals surface area contributed by atoms with Crippen molar-refractivity contribution in [2.45, 2.75) is 38.4 Å². The molecule has 0 aliphatic carbocycles. The molecule has 1 fully saturated rings. The minimum Gasteiger partial charge on any atom is -0.376 e.